The van der Waals surface area contributed by atoms with Gasteiger partial charge in [-0.3, -0.25) is 0 Å². The Kier molecular flexibility index (Phi) is 5.03. The Morgan fingerprint density at radius 1 is 1.53 bits per heavy atom. The van der Waals surface area contributed by atoms with Crippen molar-refractivity contribution in [2.75, 3.05) is 19.7 Å². The number of nitrogens with two attached hydrogens (primary N) is 1. The molecule has 1 rings (SSSR count). The third kappa shape index (κ3) is 3.74. The minimum atomic E-state index is 0.0425. The summed E-state index contributed by atoms with van der Waals surface area (Å²) >= 11 is 0. The molecule has 0 aliphatic carbocycles. The van der Waals surface area contributed by atoms with E-state index in [0.29, 0.717) is 18.5 Å². The lowest BCUT2D eigenvalue weighted by Gasteiger charge is -2.29. The lowest BCUT2D eigenvalue weighted by atomic mass is 9.97. The van der Waals surface area contributed by atoms with Crippen molar-refractivity contribution in [3.8, 4) is 0 Å². The number of hydrogen-bond donors (Lipinski definition) is 2. The van der Waals surface area contributed by atoms with Crippen LogP contribution in [0.4, 0.5) is 0 Å². The predicted molar refractivity (Wildman–Crippen MR) is 63.9 cm³/mol. The first-order valence-corrected chi connectivity index (χ1v) is 6.18. The standard InChI is InChI=1S/C12H26N2O/c1-4-10(2)11(8-13)14-9-12(3)6-5-7-15-12/h10-11,14H,4-9,13H2,1-3H3. The van der Waals surface area contributed by atoms with Crippen LogP contribution in [0.3, 0.4) is 0 Å². The van der Waals surface area contributed by atoms with Gasteiger partial charge < -0.3 is 15.8 Å². The lowest BCUT2D eigenvalue weighted by Crippen LogP contribution is -2.47. The van der Waals surface area contributed by atoms with Gasteiger partial charge in [-0.15, -0.1) is 0 Å². The molecule has 3 atom stereocenters. The molecule has 1 aliphatic rings. The summed E-state index contributed by atoms with van der Waals surface area (Å²) in [6.07, 6.45) is 3.53. The maximum atomic E-state index is 5.77. The fraction of sp³-hybridized carbons (Fsp3) is 1.00. The summed E-state index contributed by atoms with van der Waals surface area (Å²) in [5, 5.41) is 3.55. The number of hydrogen-bond acceptors (Lipinski definition) is 3. The molecule has 3 heteroatoms. The normalized spacial score (nSPS) is 30.4. The third-order valence-corrected chi connectivity index (χ3v) is 3.62. The van der Waals surface area contributed by atoms with Gasteiger partial charge in [0, 0.05) is 25.7 Å². The van der Waals surface area contributed by atoms with Crippen molar-refractivity contribution in [1.82, 2.24) is 5.32 Å². The summed E-state index contributed by atoms with van der Waals surface area (Å²) < 4.78 is 5.75. The van der Waals surface area contributed by atoms with Gasteiger partial charge in [0.2, 0.25) is 0 Å². The molecule has 1 fully saturated rings. The zero-order chi connectivity index (χ0) is 11.3. The molecule has 0 aromatic heterocycles. The van der Waals surface area contributed by atoms with Crippen molar-refractivity contribution < 1.29 is 4.74 Å². The minimum Gasteiger partial charge on any atom is -0.374 e. The molecule has 3 unspecified atom stereocenters. The summed E-state index contributed by atoms with van der Waals surface area (Å²) in [4.78, 5) is 0. The van der Waals surface area contributed by atoms with Crippen LogP contribution in [-0.2, 0) is 4.74 Å². The Morgan fingerprint density at radius 3 is 2.73 bits per heavy atom. The average molecular weight is 214 g/mol. The van der Waals surface area contributed by atoms with Crippen LogP contribution in [0, 0.1) is 5.92 Å². The van der Waals surface area contributed by atoms with E-state index in [2.05, 4.69) is 26.1 Å². The van der Waals surface area contributed by atoms with Crippen LogP contribution in [0.25, 0.3) is 0 Å². The molecule has 1 heterocycles. The van der Waals surface area contributed by atoms with E-state index < -0.39 is 0 Å². The summed E-state index contributed by atoms with van der Waals surface area (Å²) in [6, 6.07) is 0.427. The van der Waals surface area contributed by atoms with Gasteiger partial charge in [0.15, 0.2) is 0 Å². The molecule has 1 saturated heterocycles. The second-order valence-corrected chi connectivity index (χ2v) is 5.01. The van der Waals surface area contributed by atoms with E-state index in [9.17, 15) is 0 Å². The first-order valence-electron chi connectivity index (χ1n) is 6.18. The maximum absolute atomic E-state index is 5.77. The van der Waals surface area contributed by atoms with Gasteiger partial charge >= 0.3 is 0 Å². The van der Waals surface area contributed by atoms with Crippen molar-refractivity contribution >= 4 is 0 Å². The molecule has 0 spiro atoms. The highest BCUT2D eigenvalue weighted by molar-refractivity contribution is 4.85. The zero-order valence-corrected chi connectivity index (χ0v) is 10.4. The zero-order valence-electron chi connectivity index (χ0n) is 10.4. The molecule has 0 amide bonds. The average Bonchev–Trinajstić information content (AvgIpc) is 2.66. The number of ether oxygens (including phenoxy) is 1. The molecule has 3 N–H and O–H groups in total. The van der Waals surface area contributed by atoms with Gasteiger partial charge in [0.05, 0.1) is 5.60 Å². The third-order valence-electron chi connectivity index (χ3n) is 3.62. The summed E-state index contributed by atoms with van der Waals surface area (Å²) in [6.45, 7) is 9.21. The van der Waals surface area contributed by atoms with E-state index in [4.69, 9.17) is 10.5 Å². The van der Waals surface area contributed by atoms with Gasteiger partial charge in [-0.25, -0.2) is 0 Å². The van der Waals surface area contributed by atoms with Crippen LogP contribution in [-0.4, -0.2) is 31.3 Å². The highest BCUT2D eigenvalue weighted by atomic mass is 16.5. The van der Waals surface area contributed by atoms with Crippen LogP contribution in [0.1, 0.15) is 40.0 Å². The monoisotopic (exact) mass is 214 g/mol. The van der Waals surface area contributed by atoms with Gasteiger partial charge in [-0.05, 0) is 25.7 Å². The Balaban J connectivity index is 2.33. The molecule has 15 heavy (non-hydrogen) atoms. The molecule has 3 nitrogen and oxygen atoms in total. The van der Waals surface area contributed by atoms with Crippen molar-refractivity contribution in [2.24, 2.45) is 11.7 Å². The SMILES string of the molecule is CCC(C)C(CN)NCC1(C)CCCO1. The first kappa shape index (κ1) is 12.9. The minimum absolute atomic E-state index is 0.0425. The smallest absolute Gasteiger partial charge is 0.0779 e. The summed E-state index contributed by atoms with van der Waals surface area (Å²) in [7, 11) is 0. The Bertz CT molecular complexity index is 178. The Labute approximate surface area is 93.8 Å². The van der Waals surface area contributed by atoms with Crippen molar-refractivity contribution in [1.29, 1.82) is 0 Å². The maximum Gasteiger partial charge on any atom is 0.0779 e. The van der Waals surface area contributed by atoms with Crippen LogP contribution in [0.2, 0.25) is 0 Å². The van der Waals surface area contributed by atoms with E-state index >= 15 is 0 Å². The molecular weight excluding hydrogens is 188 g/mol. The van der Waals surface area contributed by atoms with Crippen molar-refractivity contribution in [3.63, 3.8) is 0 Å². The molecule has 90 valence electrons. The molecular formula is C12H26N2O. The van der Waals surface area contributed by atoms with Crippen molar-refractivity contribution in [3.05, 3.63) is 0 Å². The number of nitrogens with one attached hydrogen (secondary N) is 1. The molecule has 0 aromatic carbocycles. The van der Waals surface area contributed by atoms with Gasteiger partial charge in [0.1, 0.15) is 0 Å². The molecule has 0 aromatic rings. The van der Waals surface area contributed by atoms with Crippen molar-refractivity contribution in [2.45, 2.75) is 51.7 Å². The van der Waals surface area contributed by atoms with E-state index in [1.165, 1.54) is 12.8 Å². The predicted octanol–water partition coefficient (Wildman–Crippen LogP) is 1.52. The largest absolute Gasteiger partial charge is 0.374 e. The van der Waals surface area contributed by atoms with Crippen LogP contribution < -0.4 is 11.1 Å². The highest BCUT2D eigenvalue weighted by Gasteiger charge is 2.30. The van der Waals surface area contributed by atoms with Gasteiger partial charge in [0.25, 0.3) is 0 Å². The van der Waals surface area contributed by atoms with E-state index in [0.717, 1.165) is 19.6 Å². The number of rotatable bonds is 6. The van der Waals surface area contributed by atoms with E-state index in [1.807, 2.05) is 0 Å². The first-order chi connectivity index (χ1) is 7.11. The van der Waals surface area contributed by atoms with Crippen LogP contribution >= 0.6 is 0 Å². The Morgan fingerprint density at radius 2 is 2.27 bits per heavy atom. The molecule has 0 radical (unpaired) electrons. The fourth-order valence-electron chi connectivity index (χ4n) is 2.12. The quantitative estimate of drug-likeness (QED) is 0.705. The van der Waals surface area contributed by atoms with E-state index in [1.54, 1.807) is 0 Å². The Hall–Kier alpha value is -0.120. The molecule has 0 bridgehead atoms. The topological polar surface area (TPSA) is 47.3 Å². The lowest BCUT2D eigenvalue weighted by molar-refractivity contribution is 0.0175. The van der Waals surface area contributed by atoms with E-state index in [-0.39, 0.29) is 5.60 Å². The summed E-state index contributed by atoms with van der Waals surface area (Å²) in [5.74, 6) is 0.639. The molecule has 0 saturated carbocycles. The second kappa shape index (κ2) is 5.83. The van der Waals surface area contributed by atoms with Gasteiger partial charge in [-0.1, -0.05) is 20.3 Å². The highest BCUT2D eigenvalue weighted by Crippen LogP contribution is 2.24. The van der Waals surface area contributed by atoms with Gasteiger partial charge in [-0.2, -0.15) is 0 Å². The summed E-state index contributed by atoms with van der Waals surface area (Å²) in [5.41, 5.74) is 5.82. The fourth-order valence-corrected chi connectivity index (χ4v) is 2.12. The second-order valence-electron chi connectivity index (χ2n) is 5.01. The van der Waals surface area contributed by atoms with Crippen LogP contribution in [0.5, 0.6) is 0 Å². The molecule has 1 aliphatic heterocycles. The van der Waals surface area contributed by atoms with Crippen LogP contribution in [0.15, 0.2) is 0 Å².